The van der Waals surface area contributed by atoms with Crippen LogP contribution in [0, 0.1) is 6.92 Å². The Kier molecular flexibility index (Phi) is 4.49. The minimum absolute atomic E-state index is 0.186. The number of halogens is 1. The Hall–Kier alpha value is -1.47. The van der Waals surface area contributed by atoms with Crippen LogP contribution in [-0.4, -0.2) is 40.6 Å². The Labute approximate surface area is 120 Å². The van der Waals surface area contributed by atoms with Crippen LogP contribution in [0.25, 0.3) is 0 Å². The summed E-state index contributed by atoms with van der Waals surface area (Å²) in [4.78, 5) is 18.5. The highest BCUT2D eigenvalue weighted by atomic mass is 35.5. The Morgan fingerprint density at radius 1 is 1.26 bits per heavy atom. The van der Waals surface area contributed by atoms with E-state index in [0.29, 0.717) is 18.4 Å². The van der Waals surface area contributed by atoms with Crippen LogP contribution in [-0.2, 0) is 6.42 Å². The van der Waals surface area contributed by atoms with Crippen LogP contribution < -0.4 is 10.2 Å². The van der Waals surface area contributed by atoms with Gasteiger partial charge in [0.1, 0.15) is 0 Å². The van der Waals surface area contributed by atoms with Gasteiger partial charge in [-0.15, -0.1) is 11.3 Å². The number of rotatable bonds is 5. The smallest absolute Gasteiger partial charge is 0.230 e. The predicted octanol–water partition coefficient (Wildman–Crippen LogP) is 2.01. The maximum absolute atomic E-state index is 5.85. The first-order chi connectivity index (χ1) is 9.04. The number of aromatic nitrogens is 4. The molecule has 0 amide bonds. The van der Waals surface area contributed by atoms with Gasteiger partial charge in [0.25, 0.3) is 0 Å². The van der Waals surface area contributed by atoms with E-state index in [-0.39, 0.29) is 5.28 Å². The van der Waals surface area contributed by atoms with Crippen molar-refractivity contribution < 1.29 is 0 Å². The average Bonchev–Trinajstić information content (AvgIpc) is 2.74. The van der Waals surface area contributed by atoms with Gasteiger partial charge in [-0.05, 0) is 18.5 Å². The molecule has 0 radical (unpaired) electrons. The van der Waals surface area contributed by atoms with E-state index in [0.717, 1.165) is 17.1 Å². The monoisotopic (exact) mass is 298 g/mol. The summed E-state index contributed by atoms with van der Waals surface area (Å²) < 4.78 is 0. The second-order valence-corrected chi connectivity index (χ2v) is 5.56. The van der Waals surface area contributed by atoms with Gasteiger partial charge < -0.3 is 10.2 Å². The first kappa shape index (κ1) is 14.0. The molecule has 0 atom stereocenters. The van der Waals surface area contributed by atoms with Gasteiger partial charge in [0.05, 0.1) is 10.7 Å². The van der Waals surface area contributed by atoms with Crippen LogP contribution in [0.4, 0.5) is 11.9 Å². The molecule has 0 saturated carbocycles. The molecule has 0 unspecified atom stereocenters. The van der Waals surface area contributed by atoms with E-state index in [1.807, 2.05) is 21.0 Å². The van der Waals surface area contributed by atoms with Crippen molar-refractivity contribution >= 4 is 34.8 Å². The number of anilines is 2. The zero-order valence-electron chi connectivity index (χ0n) is 11.0. The molecule has 0 bridgehead atoms. The Bertz CT molecular complexity index is 556. The molecule has 2 heterocycles. The fourth-order valence-electron chi connectivity index (χ4n) is 1.44. The summed E-state index contributed by atoms with van der Waals surface area (Å²) in [7, 11) is 3.71. The number of hydrogen-bond acceptors (Lipinski definition) is 7. The van der Waals surface area contributed by atoms with Gasteiger partial charge in [-0.2, -0.15) is 15.0 Å². The molecule has 2 aromatic heterocycles. The molecule has 0 aromatic carbocycles. The van der Waals surface area contributed by atoms with Crippen molar-refractivity contribution in [2.75, 3.05) is 30.9 Å². The van der Waals surface area contributed by atoms with Crippen LogP contribution in [0.2, 0.25) is 5.28 Å². The normalized spacial score (nSPS) is 10.5. The first-order valence-electron chi connectivity index (χ1n) is 5.78. The fourth-order valence-corrected chi connectivity index (χ4v) is 2.25. The van der Waals surface area contributed by atoms with E-state index in [1.165, 1.54) is 0 Å². The van der Waals surface area contributed by atoms with Gasteiger partial charge in [0, 0.05) is 32.4 Å². The highest BCUT2D eigenvalue weighted by Gasteiger charge is 2.06. The molecule has 2 rings (SSSR count). The zero-order chi connectivity index (χ0) is 13.8. The van der Waals surface area contributed by atoms with Crippen molar-refractivity contribution in [1.82, 2.24) is 19.9 Å². The molecule has 19 heavy (non-hydrogen) atoms. The summed E-state index contributed by atoms with van der Waals surface area (Å²) in [6.45, 7) is 2.70. The Morgan fingerprint density at radius 2 is 2.05 bits per heavy atom. The van der Waals surface area contributed by atoms with Crippen molar-refractivity contribution in [1.29, 1.82) is 0 Å². The molecular formula is C11H15ClN6S. The Balaban J connectivity index is 1.95. The largest absolute Gasteiger partial charge is 0.354 e. The third-order valence-corrected chi connectivity index (χ3v) is 3.32. The van der Waals surface area contributed by atoms with Crippen molar-refractivity contribution in [3.05, 3.63) is 21.4 Å². The molecule has 1 N–H and O–H groups in total. The molecule has 0 fully saturated rings. The van der Waals surface area contributed by atoms with Gasteiger partial charge in [-0.25, -0.2) is 4.98 Å². The highest BCUT2D eigenvalue weighted by molar-refractivity contribution is 7.09. The van der Waals surface area contributed by atoms with Crippen molar-refractivity contribution in [2.24, 2.45) is 0 Å². The van der Waals surface area contributed by atoms with Gasteiger partial charge in [0.15, 0.2) is 0 Å². The van der Waals surface area contributed by atoms with Crippen LogP contribution in [0.5, 0.6) is 0 Å². The zero-order valence-corrected chi connectivity index (χ0v) is 12.6. The minimum atomic E-state index is 0.186. The van der Waals surface area contributed by atoms with Gasteiger partial charge >= 0.3 is 0 Å². The molecule has 0 aliphatic rings. The quantitative estimate of drug-likeness (QED) is 0.911. The predicted molar refractivity (Wildman–Crippen MR) is 78.2 cm³/mol. The van der Waals surface area contributed by atoms with E-state index >= 15 is 0 Å². The Morgan fingerprint density at radius 3 is 2.68 bits per heavy atom. The van der Waals surface area contributed by atoms with Crippen LogP contribution in [0.3, 0.4) is 0 Å². The summed E-state index contributed by atoms with van der Waals surface area (Å²) in [5.74, 6) is 1.02. The van der Waals surface area contributed by atoms with Crippen molar-refractivity contribution in [3.63, 3.8) is 0 Å². The standard InChI is InChI=1S/C11H15ClN6S/c1-7-14-8(6-19-7)4-5-13-10-15-9(12)16-11(17-10)18(2)3/h6H,4-5H2,1-3H3,(H,13,15,16,17). The van der Waals surface area contributed by atoms with Crippen LogP contribution in [0.1, 0.15) is 10.7 Å². The van der Waals surface area contributed by atoms with E-state index in [4.69, 9.17) is 11.6 Å². The molecule has 8 heteroatoms. The SMILES string of the molecule is Cc1nc(CCNc2nc(Cl)nc(N(C)C)n2)cs1. The molecule has 6 nitrogen and oxygen atoms in total. The molecule has 2 aromatic rings. The molecule has 0 spiro atoms. The number of nitrogens with zero attached hydrogens (tertiary/aromatic N) is 5. The fraction of sp³-hybridized carbons (Fsp3) is 0.455. The average molecular weight is 299 g/mol. The maximum atomic E-state index is 5.85. The lowest BCUT2D eigenvalue weighted by atomic mass is 10.3. The molecule has 0 aliphatic heterocycles. The summed E-state index contributed by atoms with van der Waals surface area (Å²) in [6.07, 6.45) is 0.824. The molecule has 0 aliphatic carbocycles. The van der Waals surface area contributed by atoms with Crippen molar-refractivity contribution in [3.8, 4) is 0 Å². The second kappa shape index (κ2) is 6.12. The van der Waals surface area contributed by atoms with E-state index in [9.17, 15) is 0 Å². The molecule has 102 valence electrons. The highest BCUT2D eigenvalue weighted by Crippen LogP contribution is 2.12. The van der Waals surface area contributed by atoms with Crippen LogP contribution in [0.15, 0.2) is 5.38 Å². The third kappa shape index (κ3) is 4.00. The number of aryl methyl sites for hydroxylation is 1. The third-order valence-electron chi connectivity index (χ3n) is 2.33. The molecule has 0 saturated heterocycles. The second-order valence-electron chi connectivity index (χ2n) is 4.16. The lowest BCUT2D eigenvalue weighted by molar-refractivity contribution is 0.916. The lowest BCUT2D eigenvalue weighted by Crippen LogP contribution is -2.16. The van der Waals surface area contributed by atoms with E-state index in [1.54, 1.807) is 16.2 Å². The topological polar surface area (TPSA) is 66.8 Å². The maximum Gasteiger partial charge on any atom is 0.230 e. The lowest BCUT2D eigenvalue weighted by Gasteiger charge is -2.11. The summed E-state index contributed by atoms with van der Waals surface area (Å²) in [5, 5.41) is 6.45. The number of nitrogens with one attached hydrogen (secondary N) is 1. The van der Waals surface area contributed by atoms with Gasteiger partial charge in [0.2, 0.25) is 17.2 Å². The molecular weight excluding hydrogens is 284 g/mol. The number of thiazole rings is 1. The summed E-state index contributed by atoms with van der Waals surface area (Å²) in [5.41, 5.74) is 1.07. The first-order valence-corrected chi connectivity index (χ1v) is 7.04. The van der Waals surface area contributed by atoms with Gasteiger partial charge in [-0.3, -0.25) is 0 Å². The number of hydrogen-bond donors (Lipinski definition) is 1. The van der Waals surface area contributed by atoms with Crippen LogP contribution >= 0.6 is 22.9 Å². The van der Waals surface area contributed by atoms with Gasteiger partial charge in [-0.1, -0.05) is 0 Å². The van der Waals surface area contributed by atoms with E-state index in [2.05, 4.69) is 30.6 Å². The van der Waals surface area contributed by atoms with E-state index < -0.39 is 0 Å². The summed E-state index contributed by atoms with van der Waals surface area (Å²) in [6, 6.07) is 0. The minimum Gasteiger partial charge on any atom is -0.354 e. The summed E-state index contributed by atoms with van der Waals surface area (Å²) >= 11 is 7.51. The van der Waals surface area contributed by atoms with Crippen molar-refractivity contribution in [2.45, 2.75) is 13.3 Å².